The van der Waals surface area contributed by atoms with E-state index in [4.69, 9.17) is 20.8 Å². The van der Waals surface area contributed by atoms with E-state index in [1.165, 1.54) is 6.07 Å². The molecule has 28 heavy (non-hydrogen) atoms. The fourth-order valence-electron chi connectivity index (χ4n) is 2.92. The normalized spacial score (nSPS) is 19.5. The molecule has 0 spiro atoms. The molecular weight excluding hydrogens is 400 g/mol. The van der Waals surface area contributed by atoms with Gasteiger partial charge in [0.2, 0.25) is 0 Å². The average Bonchev–Trinajstić information content (AvgIpc) is 2.92. The van der Waals surface area contributed by atoms with Gasteiger partial charge >= 0.3 is 0 Å². The molecule has 0 saturated heterocycles. The number of nitrogens with zero attached hydrogens (tertiary/aromatic N) is 1. The lowest BCUT2D eigenvalue weighted by Gasteiger charge is -2.38. The highest BCUT2D eigenvalue weighted by molar-refractivity contribution is 6.74. The maximum Gasteiger partial charge on any atom is 0.192 e. The van der Waals surface area contributed by atoms with Crippen LogP contribution in [0.1, 0.15) is 33.3 Å². The van der Waals surface area contributed by atoms with E-state index in [1.807, 2.05) is 0 Å². The molecule has 1 aliphatic heterocycles. The Balaban J connectivity index is 1.99. The standard InChI is InChI=1S/C21H26ClF2NO2Si/c1-20(2,3)28(5,6)27-12-21(4)11-26-19-14(21)10-17(22)25-18(19)13-7-8-15(23)16(24)9-13/h7-10H,11-12H2,1-6H3. The van der Waals surface area contributed by atoms with Crippen LogP contribution in [0.15, 0.2) is 24.3 Å². The van der Waals surface area contributed by atoms with E-state index < -0.39 is 25.4 Å². The third-order valence-electron chi connectivity index (χ3n) is 5.88. The zero-order valence-corrected chi connectivity index (χ0v) is 18.9. The molecule has 1 unspecified atom stereocenters. The second kappa shape index (κ2) is 7.08. The zero-order valence-electron chi connectivity index (χ0n) is 17.1. The summed E-state index contributed by atoms with van der Waals surface area (Å²) in [5, 5.41) is 0.376. The van der Waals surface area contributed by atoms with Crippen molar-refractivity contribution in [1.29, 1.82) is 0 Å². The summed E-state index contributed by atoms with van der Waals surface area (Å²) in [6.45, 7) is 14.0. The quantitative estimate of drug-likeness (QED) is 0.422. The van der Waals surface area contributed by atoms with Crippen LogP contribution in [-0.2, 0) is 9.84 Å². The molecule has 0 radical (unpaired) electrons. The van der Waals surface area contributed by atoms with Crippen molar-refractivity contribution >= 4 is 19.9 Å². The van der Waals surface area contributed by atoms with Gasteiger partial charge in [0.15, 0.2) is 20.0 Å². The second-order valence-electron chi connectivity index (χ2n) is 9.20. The van der Waals surface area contributed by atoms with Gasteiger partial charge in [-0.05, 0) is 49.3 Å². The van der Waals surface area contributed by atoms with Gasteiger partial charge in [-0.25, -0.2) is 13.8 Å². The van der Waals surface area contributed by atoms with Gasteiger partial charge in [0, 0.05) is 17.7 Å². The molecule has 0 saturated carbocycles. The summed E-state index contributed by atoms with van der Waals surface area (Å²) in [7, 11) is -1.94. The number of benzene rings is 1. The lowest BCUT2D eigenvalue weighted by molar-refractivity contribution is 0.175. The summed E-state index contributed by atoms with van der Waals surface area (Å²) in [4.78, 5) is 4.32. The van der Waals surface area contributed by atoms with E-state index in [-0.39, 0.29) is 10.2 Å². The molecule has 152 valence electrons. The van der Waals surface area contributed by atoms with Crippen LogP contribution < -0.4 is 4.74 Å². The predicted octanol–water partition coefficient (Wildman–Crippen LogP) is 6.35. The maximum absolute atomic E-state index is 13.7. The van der Waals surface area contributed by atoms with Crippen LogP contribution in [-0.4, -0.2) is 26.5 Å². The van der Waals surface area contributed by atoms with Crippen molar-refractivity contribution < 1.29 is 17.9 Å². The minimum absolute atomic E-state index is 0.0956. The number of aromatic nitrogens is 1. The first-order valence-electron chi connectivity index (χ1n) is 9.27. The lowest BCUT2D eigenvalue weighted by atomic mass is 9.85. The molecule has 1 aliphatic rings. The highest BCUT2D eigenvalue weighted by atomic mass is 35.5. The van der Waals surface area contributed by atoms with E-state index in [2.05, 4.69) is 45.8 Å². The molecule has 3 nitrogen and oxygen atoms in total. The molecule has 0 aliphatic carbocycles. The summed E-state index contributed by atoms with van der Waals surface area (Å²) in [6.07, 6.45) is 0. The molecule has 3 rings (SSSR count). The third-order valence-corrected chi connectivity index (χ3v) is 10.5. The van der Waals surface area contributed by atoms with Crippen molar-refractivity contribution in [2.45, 2.75) is 51.2 Å². The molecule has 2 aromatic rings. The van der Waals surface area contributed by atoms with Crippen LogP contribution in [0.4, 0.5) is 8.78 Å². The molecule has 0 amide bonds. The first-order valence-corrected chi connectivity index (χ1v) is 12.6. The fourth-order valence-corrected chi connectivity index (χ4v) is 4.23. The van der Waals surface area contributed by atoms with E-state index in [0.29, 0.717) is 30.2 Å². The van der Waals surface area contributed by atoms with Crippen LogP contribution in [0.5, 0.6) is 5.75 Å². The van der Waals surface area contributed by atoms with Crippen molar-refractivity contribution in [3.63, 3.8) is 0 Å². The Kier molecular flexibility index (Phi) is 5.36. The minimum Gasteiger partial charge on any atom is -0.490 e. The summed E-state index contributed by atoms with van der Waals surface area (Å²) in [5.41, 5.74) is 1.32. The van der Waals surface area contributed by atoms with Crippen LogP contribution >= 0.6 is 11.6 Å². The number of hydrogen-bond acceptors (Lipinski definition) is 3. The van der Waals surface area contributed by atoms with Gasteiger partial charge in [-0.2, -0.15) is 0 Å². The number of hydrogen-bond donors (Lipinski definition) is 0. The first-order chi connectivity index (χ1) is 12.8. The number of ether oxygens (including phenoxy) is 1. The largest absolute Gasteiger partial charge is 0.490 e. The van der Waals surface area contributed by atoms with Crippen molar-refractivity contribution in [3.8, 4) is 17.0 Å². The molecule has 2 heterocycles. The molecule has 1 atom stereocenters. The van der Waals surface area contributed by atoms with Gasteiger partial charge < -0.3 is 9.16 Å². The van der Waals surface area contributed by atoms with Gasteiger partial charge in [0.1, 0.15) is 23.2 Å². The second-order valence-corrected chi connectivity index (χ2v) is 14.4. The number of fused-ring (bicyclic) bond motifs is 1. The number of pyridine rings is 1. The van der Waals surface area contributed by atoms with Gasteiger partial charge in [0.05, 0.1) is 5.41 Å². The molecule has 0 fully saturated rings. The molecule has 7 heteroatoms. The zero-order chi connectivity index (χ0) is 20.9. The van der Waals surface area contributed by atoms with E-state index in [0.717, 1.165) is 17.7 Å². The fraction of sp³-hybridized carbons (Fsp3) is 0.476. The topological polar surface area (TPSA) is 31.4 Å². The Morgan fingerprint density at radius 2 is 1.89 bits per heavy atom. The summed E-state index contributed by atoms with van der Waals surface area (Å²) < 4.78 is 39.5. The highest BCUT2D eigenvalue weighted by Gasteiger charge is 2.43. The number of halogens is 3. The third kappa shape index (κ3) is 3.82. The van der Waals surface area contributed by atoms with Crippen molar-refractivity contribution in [1.82, 2.24) is 4.98 Å². The smallest absolute Gasteiger partial charge is 0.192 e. The Labute approximate surface area is 171 Å². The summed E-state index contributed by atoms with van der Waals surface area (Å²) >= 11 is 6.27. The van der Waals surface area contributed by atoms with E-state index in [9.17, 15) is 8.78 Å². The van der Waals surface area contributed by atoms with Gasteiger partial charge in [-0.15, -0.1) is 0 Å². The van der Waals surface area contributed by atoms with Crippen molar-refractivity contribution in [2.75, 3.05) is 13.2 Å². The van der Waals surface area contributed by atoms with E-state index in [1.54, 1.807) is 6.07 Å². The van der Waals surface area contributed by atoms with Crippen LogP contribution in [0, 0.1) is 11.6 Å². The number of rotatable bonds is 4. The Hall–Kier alpha value is -1.50. The van der Waals surface area contributed by atoms with Gasteiger partial charge in [0.25, 0.3) is 0 Å². The van der Waals surface area contributed by atoms with Crippen LogP contribution in [0.3, 0.4) is 0 Å². The van der Waals surface area contributed by atoms with Crippen molar-refractivity contribution in [3.05, 3.63) is 46.6 Å². The van der Waals surface area contributed by atoms with Crippen molar-refractivity contribution in [2.24, 2.45) is 0 Å². The summed E-state index contributed by atoms with van der Waals surface area (Å²) in [5.74, 6) is -1.29. The average molecular weight is 426 g/mol. The predicted molar refractivity (Wildman–Crippen MR) is 111 cm³/mol. The SMILES string of the molecule is CC1(CO[Si](C)(C)C(C)(C)C)COc2c1cc(Cl)nc2-c1ccc(F)c(F)c1. The Morgan fingerprint density at radius 1 is 1.21 bits per heavy atom. The first kappa shape index (κ1) is 21.2. The lowest BCUT2D eigenvalue weighted by Crippen LogP contribution is -2.45. The van der Waals surface area contributed by atoms with Crippen LogP contribution in [0.25, 0.3) is 11.3 Å². The molecular formula is C21H26ClF2NO2Si. The van der Waals surface area contributed by atoms with Crippen LogP contribution in [0.2, 0.25) is 23.3 Å². The van der Waals surface area contributed by atoms with Gasteiger partial charge in [-0.3, -0.25) is 0 Å². The highest BCUT2D eigenvalue weighted by Crippen LogP contribution is 2.46. The van der Waals surface area contributed by atoms with E-state index >= 15 is 0 Å². The molecule has 0 N–H and O–H groups in total. The Morgan fingerprint density at radius 3 is 2.50 bits per heavy atom. The maximum atomic E-state index is 13.7. The molecule has 1 aromatic carbocycles. The molecule has 0 bridgehead atoms. The molecule has 1 aromatic heterocycles. The minimum atomic E-state index is -1.94. The van der Waals surface area contributed by atoms with Gasteiger partial charge in [-0.1, -0.05) is 32.4 Å². The monoisotopic (exact) mass is 425 g/mol. The Bertz CT molecular complexity index is 914. The summed E-state index contributed by atoms with van der Waals surface area (Å²) in [6, 6.07) is 5.44.